The van der Waals surface area contributed by atoms with Gasteiger partial charge < -0.3 is 15.0 Å². The Hall–Kier alpha value is -3.91. The number of anilines is 2. The fourth-order valence-corrected chi connectivity index (χ4v) is 5.00. The number of amides is 1. The van der Waals surface area contributed by atoms with Crippen molar-refractivity contribution in [1.29, 1.82) is 0 Å². The lowest BCUT2D eigenvalue weighted by molar-refractivity contribution is -0.113. The number of rotatable bonds is 7. The Bertz CT molecular complexity index is 1410. The second-order valence-electron chi connectivity index (χ2n) is 8.42. The van der Waals surface area contributed by atoms with Crippen molar-refractivity contribution in [3.05, 3.63) is 89.5 Å². The van der Waals surface area contributed by atoms with E-state index in [0.717, 1.165) is 35.4 Å². The predicted octanol–water partition coefficient (Wildman–Crippen LogP) is 5.10. The summed E-state index contributed by atoms with van der Waals surface area (Å²) < 4.78 is 5.00. The van der Waals surface area contributed by atoms with Gasteiger partial charge in [0.05, 0.1) is 23.4 Å². The number of hydrogen-bond acceptors (Lipinski definition) is 7. The van der Waals surface area contributed by atoms with Gasteiger partial charge in [-0.1, -0.05) is 54.2 Å². The van der Waals surface area contributed by atoms with Crippen molar-refractivity contribution < 1.29 is 14.3 Å². The molecule has 7 nitrogen and oxygen atoms in total. The first-order valence-corrected chi connectivity index (χ1v) is 12.9. The van der Waals surface area contributed by atoms with Crippen molar-refractivity contribution in [2.45, 2.75) is 24.9 Å². The molecular weight excluding hydrogens is 472 g/mol. The van der Waals surface area contributed by atoms with Crippen LogP contribution >= 0.6 is 11.8 Å². The Labute approximate surface area is 213 Å². The van der Waals surface area contributed by atoms with Crippen LogP contribution in [-0.4, -0.2) is 40.7 Å². The van der Waals surface area contributed by atoms with Gasteiger partial charge in [-0.05, 0) is 54.8 Å². The number of nitrogens with one attached hydrogen (secondary N) is 1. The van der Waals surface area contributed by atoms with Crippen molar-refractivity contribution in [2.24, 2.45) is 0 Å². The van der Waals surface area contributed by atoms with Gasteiger partial charge in [-0.2, -0.15) is 0 Å². The Morgan fingerprint density at radius 1 is 0.972 bits per heavy atom. The number of esters is 1. The molecule has 0 atom stereocenters. The molecule has 1 amide bonds. The lowest BCUT2D eigenvalue weighted by Gasteiger charge is -2.29. The first-order valence-electron chi connectivity index (χ1n) is 11.9. The third kappa shape index (κ3) is 5.33. The number of nitrogens with zero attached hydrogens (tertiary/aromatic N) is 3. The Morgan fingerprint density at radius 2 is 1.72 bits per heavy atom. The van der Waals surface area contributed by atoms with Crippen LogP contribution in [0.25, 0.3) is 10.9 Å². The van der Waals surface area contributed by atoms with Gasteiger partial charge in [0.25, 0.3) is 0 Å². The highest BCUT2D eigenvalue weighted by atomic mass is 32.2. The molecule has 5 rings (SSSR count). The molecule has 0 fully saturated rings. The van der Waals surface area contributed by atoms with E-state index in [0.29, 0.717) is 23.8 Å². The molecule has 0 radical (unpaired) electrons. The van der Waals surface area contributed by atoms with Gasteiger partial charge in [0.2, 0.25) is 11.9 Å². The maximum atomic E-state index is 12.7. The van der Waals surface area contributed by atoms with E-state index < -0.39 is 0 Å². The quantitative estimate of drug-likeness (QED) is 0.216. The average molecular weight is 499 g/mol. The number of ether oxygens (including phenoxy) is 1. The molecule has 0 spiro atoms. The molecule has 0 saturated carbocycles. The minimum absolute atomic E-state index is 0.153. The fraction of sp³-hybridized carbons (Fsp3) is 0.214. The van der Waals surface area contributed by atoms with Crippen molar-refractivity contribution in [3.63, 3.8) is 0 Å². The molecule has 36 heavy (non-hydrogen) atoms. The molecule has 1 N–H and O–H groups in total. The smallest absolute Gasteiger partial charge is 0.338 e. The van der Waals surface area contributed by atoms with Crippen LogP contribution in [0.15, 0.2) is 77.8 Å². The largest absolute Gasteiger partial charge is 0.462 e. The Balaban J connectivity index is 1.29. The van der Waals surface area contributed by atoms with E-state index >= 15 is 0 Å². The van der Waals surface area contributed by atoms with Crippen molar-refractivity contribution >= 4 is 46.2 Å². The van der Waals surface area contributed by atoms with Gasteiger partial charge in [-0.25, -0.2) is 14.8 Å². The van der Waals surface area contributed by atoms with Crippen LogP contribution in [0, 0.1) is 0 Å². The maximum Gasteiger partial charge on any atom is 0.338 e. The minimum Gasteiger partial charge on any atom is -0.462 e. The molecule has 8 heteroatoms. The van der Waals surface area contributed by atoms with Gasteiger partial charge in [0.15, 0.2) is 0 Å². The number of benzene rings is 3. The summed E-state index contributed by atoms with van der Waals surface area (Å²) in [5, 5.41) is 4.59. The fourth-order valence-electron chi connectivity index (χ4n) is 4.19. The average Bonchev–Trinajstić information content (AvgIpc) is 2.92. The lowest BCUT2D eigenvalue weighted by atomic mass is 10.0. The van der Waals surface area contributed by atoms with Crippen molar-refractivity contribution in [1.82, 2.24) is 9.97 Å². The third-order valence-electron chi connectivity index (χ3n) is 5.99. The van der Waals surface area contributed by atoms with Gasteiger partial charge in [0, 0.05) is 24.2 Å². The molecule has 2 heterocycles. The second-order valence-corrected chi connectivity index (χ2v) is 9.38. The van der Waals surface area contributed by atoms with Gasteiger partial charge in [-0.15, -0.1) is 0 Å². The highest BCUT2D eigenvalue weighted by molar-refractivity contribution is 8.00. The second kappa shape index (κ2) is 10.8. The topological polar surface area (TPSA) is 84.4 Å². The lowest BCUT2D eigenvalue weighted by Crippen LogP contribution is -2.31. The summed E-state index contributed by atoms with van der Waals surface area (Å²) in [6.07, 6.45) is 0.951. The molecule has 1 aliphatic heterocycles. The first-order chi connectivity index (χ1) is 17.6. The van der Waals surface area contributed by atoms with Crippen molar-refractivity contribution in [3.8, 4) is 0 Å². The van der Waals surface area contributed by atoms with Gasteiger partial charge in [0.1, 0.15) is 5.03 Å². The van der Waals surface area contributed by atoms with Crippen LogP contribution in [0.3, 0.4) is 0 Å². The molecule has 0 aliphatic carbocycles. The predicted molar refractivity (Wildman–Crippen MR) is 142 cm³/mol. The monoisotopic (exact) mass is 498 g/mol. The van der Waals surface area contributed by atoms with E-state index in [9.17, 15) is 9.59 Å². The number of carbonyl (C=O) groups is 2. The molecule has 4 aromatic rings. The van der Waals surface area contributed by atoms with Crippen LogP contribution in [0.2, 0.25) is 0 Å². The number of thioether (sulfide) groups is 1. The number of hydrogen-bond donors (Lipinski definition) is 1. The van der Waals surface area contributed by atoms with E-state index in [1.807, 2.05) is 24.3 Å². The van der Waals surface area contributed by atoms with E-state index in [2.05, 4.69) is 34.5 Å². The first kappa shape index (κ1) is 23.8. The van der Waals surface area contributed by atoms with Gasteiger partial charge in [-0.3, -0.25) is 4.79 Å². The van der Waals surface area contributed by atoms with Crippen LogP contribution in [-0.2, 0) is 22.5 Å². The zero-order chi connectivity index (χ0) is 24.9. The molecule has 182 valence electrons. The maximum absolute atomic E-state index is 12.7. The van der Waals surface area contributed by atoms with E-state index in [1.165, 1.54) is 22.9 Å². The standard InChI is InChI=1S/C28H26N4O3S/c1-2-35-27(34)20-11-13-22(14-12-20)29-25(33)18-36-26-23-9-5-6-10-24(23)30-28(31-26)32-16-15-19-7-3-4-8-21(19)17-32/h3-14H,2,15-18H2,1H3,(H,29,33). The Morgan fingerprint density at radius 3 is 2.53 bits per heavy atom. The number of fused-ring (bicyclic) bond motifs is 2. The summed E-state index contributed by atoms with van der Waals surface area (Å²) in [4.78, 5) is 36.4. The summed E-state index contributed by atoms with van der Waals surface area (Å²) >= 11 is 1.39. The van der Waals surface area contributed by atoms with Crippen LogP contribution < -0.4 is 10.2 Å². The van der Waals surface area contributed by atoms with E-state index in [1.54, 1.807) is 31.2 Å². The number of para-hydroxylation sites is 1. The molecule has 0 saturated heterocycles. The molecular formula is C28H26N4O3S. The number of aromatic nitrogens is 2. The SMILES string of the molecule is CCOC(=O)c1ccc(NC(=O)CSc2nc(N3CCc4ccccc4C3)nc3ccccc23)cc1. The zero-order valence-corrected chi connectivity index (χ0v) is 20.8. The summed E-state index contributed by atoms with van der Waals surface area (Å²) in [6, 6.07) is 23.0. The summed E-state index contributed by atoms with van der Waals surface area (Å²) in [6.45, 7) is 3.70. The van der Waals surface area contributed by atoms with E-state index in [4.69, 9.17) is 14.7 Å². The van der Waals surface area contributed by atoms with E-state index in [-0.39, 0.29) is 17.6 Å². The third-order valence-corrected chi connectivity index (χ3v) is 6.98. The molecule has 0 unspecified atom stereocenters. The summed E-state index contributed by atoms with van der Waals surface area (Å²) in [5.41, 5.74) is 4.59. The Kier molecular flexibility index (Phi) is 7.13. The molecule has 3 aromatic carbocycles. The highest BCUT2D eigenvalue weighted by Crippen LogP contribution is 2.30. The minimum atomic E-state index is -0.380. The summed E-state index contributed by atoms with van der Waals surface area (Å²) in [7, 11) is 0. The zero-order valence-electron chi connectivity index (χ0n) is 19.9. The van der Waals surface area contributed by atoms with Gasteiger partial charge >= 0.3 is 5.97 Å². The normalized spacial score (nSPS) is 12.8. The number of carbonyl (C=O) groups excluding carboxylic acids is 2. The highest BCUT2D eigenvalue weighted by Gasteiger charge is 2.20. The van der Waals surface area contributed by atoms with Crippen LogP contribution in [0.5, 0.6) is 0 Å². The molecule has 0 bridgehead atoms. The van der Waals surface area contributed by atoms with Crippen molar-refractivity contribution in [2.75, 3.05) is 29.1 Å². The molecule has 1 aromatic heterocycles. The molecule has 1 aliphatic rings. The summed E-state index contributed by atoms with van der Waals surface area (Å²) in [5.74, 6) is 0.346. The van der Waals surface area contributed by atoms with Crippen LogP contribution in [0.1, 0.15) is 28.4 Å². The van der Waals surface area contributed by atoms with Crippen LogP contribution in [0.4, 0.5) is 11.6 Å².